The number of hydrogen-bond acceptors (Lipinski definition) is 6. The molecule has 0 saturated carbocycles. The summed E-state index contributed by atoms with van der Waals surface area (Å²) in [5.41, 5.74) is 1.62. The Hall–Kier alpha value is -3.45. The van der Waals surface area contributed by atoms with E-state index < -0.39 is 11.9 Å². The number of aliphatic hydroxyl groups excluding tert-OH is 1. The molecule has 0 aliphatic rings. The molecule has 0 bridgehead atoms. The van der Waals surface area contributed by atoms with Crippen LogP contribution in [0.5, 0.6) is 0 Å². The lowest BCUT2D eigenvalue weighted by Gasteiger charge is -1.99. The number of unbranched alkanes of at least 4 members (excludes halogenated alkanes) is 1. The molecule has 1 rings (SSSR count). The predicted octanol–water partition coefficient (Wildman–Crippen LogP) is 4.34. The summed E-state index contributed by atoms with van der Waals surface area (Å²) in [6.07, 6.45) is 7.21. The fourth-order valence-corrected chi connectivity index (χ4v) is 1.63. The minimum Gasteiger partial charge on any atom is -0.478 e. The van der Waals surface area contributed by atoms with Crippen molar-refractivity contribution in [3.8, 4) is 0 Å². The topological polar surface area (TPSA) is 110 Å². The molecule has 0 heterocycles. The molecule has 1 aromatic rings. The van der Waals surface area contributed by atoms with Crippen molar-refractivity contribution in [2.45, 2.75) is 33.1 Å². The second-order valence-corrected chi connectivity index (χ2v) is 6.29. The van der Waals surface area contributed by atoms with Gasteiger partial charge in [-0.15, -0.1) is 0 Å². The Morgan fingerprint density at radius 3 is 2.16 bits per heavy atom. The van der Waals surface area contributed by atoms with E-state index in [9.17, 15) is 14.4 Å². The van der Waals surface area contributed by atoms with Crippen molar-refractivity contribution in [3.63, 3.8) is 0 Å². The van der Waals surface area contributed by atoms with Gasteiger partial charge in [0.05, 0.1) is 13.2 Å². The summed E-state index contributed by atoms with van der Waals surface area (Å²) in [6.45, 7) is 14.1. The van der Waals surface area contributed by atoms with Crippen LogP contribution in [0.2, 0.25) is 0 Å². The van der Waals surface area contributed by atoms with Crippen LogP contribution < -0.4 is 0 Å². The number of aliphatic hydroxyl groups is 1. The van der Waals surface area contributed by atoms with Crippen molar-refractivity contribution in [1.82, 2.24) is 0 Å². The zero-order valence-corrected chi connectivity index (χ0v) is 18.9. The first-order chi connectivity index (χ1) is 15.2. The second-order valence-electron chi connectivity index (χ2n) is 6.29. The molecule has 7 heteroatoms. The summed E-state index contributed by atoms with van der Waals surface area (Å²) in [4.78, 5) is 31.2. The molecule has 0 radical (unpaired) electrons. The minimum atomic E-state index is -0.942. The normalized spacial score (nSPS) is 9.34. The second kappa shape index (κ2) is 20.8. The first-order valence-electron chi connectivity index (χ1n) is 10.0. The number of esters is 2. The largest absolute Gasteiger partial charge is 0.478 e. The lowest BCUT2D eigenvalue weighted by Crippen LogP contribution is -2.08. The summed E-state index contributed by atoms with van der Waals surface area (Å²) in [5.74, 6) is -1.73. The minimum absolute atomic E-state index is 0.0473. The molecule has 1 aromatic carbocycles. The third-order valence-electron chi connectivity index (χ3n) is 3.36. The number of carbonyl (C=O) groups excluding carboxylic acids is 2. The number of hydrogen-bond donors (Lipinski definition) is 2. The molecule has 2 N–H and O–H groups in total. The summed E-state index contributed by atoms with van der Waals surface area (Å²) in [7, 11) is 0. The SMILES string of the molecule is C=C(C)C(=O)OCCO.C=C(CC=Cc1ccccc1)C(=O)O.C=CC(=O)OCCCC. The zero-order valence-electron chi connectivity index (χ0n) is 18.9. The van der Waals surface area contributed by atoms with Gasteiger partial charge in [-0.1, -0.05) is 75.6 Å². The van der Waals surface area contributed by atoms with Crippen LogP contribution in [0, 0.1) is 0 Å². The maximum atomic E-state index is 10.5. The van der Waals surface area contributed by atoms with Crippen LogP contribution >= 0.6 is 0 Å². The molecular weight excluding hydrogens is 412 g/mol. The van der Waals surface area contributed by atoms with Crippen LogP contribution in [0.25, 0.3) is 6.08 Å². The van der Waals surface area contributed by atoms with Crippen LogP contribution in [0.4, 0.5) is 0 Å². The molecule has 0 unspecified atom stereocenters. The number of allylic oxidation sites excluding steroid dienone is 1. The maximum absolute atomic E-state index is 10.5. The van der Waals surface area contributed by atoms with Crippen LogP contribution in [-0.2, 0) is 23.9 Å². The van der Waals surface area contributed by atoms with E-state index in [4.69, 9.17) is 10.2 Å². The van der Waals surface area contributed by atoms with Gasteiger partial charge in [-0.3, -0.25) is 0 Å². The Morgan fingerprint density at radius 2 is 1.69 bits per heavy atom. The molecule has 0 saturated heterocycles. The highest BCUT2D eigenvalue weighted by Crippen LogP contribution is 2.05. The Bertz CT molecular complexity index is 747. The van der Waals surface area contributed by atoms with Crippen LogP contribution in [0.3, 0.4) is 0 Å². The van der Waals surface area contributed by atoms with Gasteiger partial charge in [-0.05, 0) is 25.3 Å². The Morgan fingerprint density at radius 1 is 1.06 bits per heavy atom. The highest BCUT2D eigenvalue weighted by atomic mass is 16.5. The quantitative estimate of drug-likeness (QED) is 0.295. The Labute approximate surface area is 190 Å². The van der Waals surface area contributed by atoms with E-state index in [-0.39, 0.29) is 24.8 Å². The highest BCUT2D eigenvalue weighted by Gasteiger charge is 2.00. The summed E-state index contributed by atoms with van der Waals surface area (Å²) in [5, 5.41) is 16.7. The molecule has 0 atom stereocenters. The van der Waals surface area contributed by atoms with E-state index in [1.165, 1.54) is 6.08 Å². The van der Waals surface area contributed by atoms with Gasteiger partial charge in [0.2, 0.25) is 0 Å². The van der Waals surface area contributed by atoms with E-state index in [0.717, 1.165) is 18.4 Å². The van der Waals surface area contributed by atoms with E-state index >= 15 is 0 Å². The van der Waals surface area contributed by atoms with Gasteiger partial charge in [0.1, 0.15) is 6.61 Å². The summed E-state index contributed by atoms with van der Waals surface area (Å²) < 4.78 is 9.14. The molecule has 0 aromatic heterocycles. The smallest absolute Gasteiger partial charge is 0.333 e. The first kappa shape index (κ1) is 30.7. The zero-order chi connectivity index (χ0) is 24.8. The average Bonchev–Trinajstić information content (AvgIpc) is 2.78. The molecule has 0 amide bonds. The van der Waals surface area contributed by atoms with Crippen molar-refractivity contribution in [2.24, 2.45) is 0 Å². The number of carbonyl (C=O) groups is 3. The number of ether oxygens (including phenoxy) is 2. The summed E-state index contributed by atoms with van der Waals surface area (Å²) in [6, 6.07) is 9.73. The van der Waals surface area contributed by atoms with Crippen LogP contribution in [0.15, 0.2) is 73.4 Å². The third-order valence-corrected chi connectivity index (χ3v) is 3.36. The van der Waals surface area contributed by atoms with Crippen molar-refractivity contribution in [3.05, 3.63) is 78.9 Å². The van der Waals surface area contributed by atoms with Gasteiger partial charge in [-0.2, -0.15) is 0 Å². The monoisotopic (exact) mass is 446 g/mol. The number of aliphatic carboxylic acids is 1. The van der Waals surface area contributed by atoms with Gasteiger partial charge < -0.3 is 19.7 Å². The van der Waals surface area contributed by atoms with E-state index in [1.807, 2.05) is 43.3 Å². The Kier molecular flexibility index (Phi) is 20.0. The maximum Gasteiger partial charge on any atom is 0.333 e. The third kappa shape index (κ3) is 19.8. The van der Waals surface area contributed by atoms with E-state index in [2.05, 4.69) is 29.2 Å². The first-order valence-corrected chi connectivity index (χ1v) is 10.0. The molecule has 176 valence electrons. The van der Waals surface area contributed by atoms with Gasteiger partial charge in [-0.25, -0.2) is 14.4 Å². The molecule has 0 fully saturated rings. The predicted molar refractivity (Wildman–Crippen MR) is 126 cm³/mol. The average molecular weight is 447 g/mol. The van der Waals surface area contributed by atoms with Crippen LogP contribution in [-0.4, -0.2) is 47.9 Å². The fourth-order valence-electron chi connectivity index (χ4n) is 1.63. The van der Waals surface area contributed by atoms with Crippen molar-refractivity contribution in [2.75, 3.05) is 19.8 Å². The molecule has 0 spiro atoms. The molecule has 32 heavy (non-hydrogen) atoms. The van der Waals surface area contributed by atoms with Gasteiger partial charge in [0.15, 0.2) is 0 Å². The van der Waals surface area contributed by atoms with Crippen molar-refractivity contribution >= 4 is 24.0 Å². The number of rotatable bonds is 11. The molecule has 7 nitrogen and oxygen atoms in total. The Balaban J connectivity index is 0. The van der Waals surface area contributed by atoms with E-state index in [1.54, 1.807) is 13.0 Å². The van der Waals surface area contributed by atoms with Crippen LogP contribution in [0.1, 0.15) is 38.7 Å². The molecule has 0 aliphatic carbocycles. The standard InChI is InChI=1S/C12H12O2.C7H12O2.C6H10O3/c1-10(12(13)14)6-5-9-11-7-3-2-4-8-11;1-3-5-6-9-7(8)4-2;1-5(2)6(8)9-4-3-7/h2-5,7-9H,1,6H2,(H,13,14);4H,2-3,5-6H2,1H3;7H,1,3-4H2,2H3. The van der Waals surface area contributed by atoms with E-state index in [0.29, 0.717) is 18.6 Å². The van der Waals surface area contributed by atoms with Gasteiger partial charge in [0.25, 0.3) is 0 Å². The highest BCUT2D eigenvalue weighted by molar-refractivity contribution is 5.87. The van der Waals surface area contributed by atoms with Gasteiger partial charge in [0, 0.05) is 17.2 Å². The van der Waals surface area contributed by atoms with Crippen molar-refractivity contribution in [1.29, 1.82) is 0 Å². The van der Waals surface area contributed by atoms with Crippen molar-refractivity contribution < 1.29 is 34.1 Å². The number of carboxylic acid groups (broad SMARTS) is 1. The lowest BCUT2D eigenvalue weighted by atomic mass is 10.1. The number of carboxylic acids is 1. The van der Waals surface area contributed by atoms with Gasteiger partial charge >= 0.3 is 17.9 Å². The fraction of sp³-hybridized carbons (Fsp3) is 0.320. The summed E-state index contributed by atoms with van der Waals surface area (Å²) >= 11 is 0. The lowest BCUT2D eigenvalue weighted by molar-refractivity contribution is -0.140. The molecule has 0 aliphatic heterocycles. The number of benzene rings is 1. The molecular formula is C25H34O7.